The fraction of sp³-hybridized carbons (Fsp3) is 0.333. The first-order chi connectivity index (χ1) is 55.3. The van der Waals surface area contributed by atoms with Crippen molar-refractivity contribution in [2.24, 2.45) is 0 Å². The Labute approximate surface area is 695 Å². The maximum absolute atomic E-state index is 12.0. The predicted octanol–water partition coefficient (Wildman–Crippen LogP) is 21.9. The van der Waals surface area contributed by atoms with E-state index in [1.54, 1.807) is 0 Å². The maximum Gasteiger partial charge on any atom is 3.00 e. The maximum atomic E-state index is 12.0. The van der Waals surface area contributed by atoms with Crippen LogP contribution in [-0.2, 0) is 62.6 Å². The Bertz CT molecular complexity index is 3370. The topological polar surface area (TPSA) is 55.4 Å². The molecule has 8 aromatic rings. The van der Waals surface area contributed by atoms with Crippen molar-refractivity contribution in [2.45, 2.75) is 77.0 Å². The van der Waals surface area contributed by atoms with Gasteiger partial charge in [-0.2, -0.15) is 0 Å². The normalized spacial score (nSPS) is 13.4. The summed E-state index contributed by atoms with van der Waals surface area (Å²) in [5, 5.41) is 0. The molecule has 6 nitrogen and oxygen atoms in total. The third-order valence-electron chi connectivity index (χ3n) is 12.9. The van der Waals surface area contributed by atoms with Crippen molar-refractivity contribution < 1.29 is 238 Å². The summed E-state index contributed by atoms with van der Waals surface area (Å²) in [7, 11) is 0. The van der Waals surface area contributed by atoms with Crippen LogP contribution in [0.4, 0.5) is 176 Å². The molecule has 0 bridgehead atoms. The van der Waals surface area contributed by atoms with Crippen LogP contribution in [0.25, 0.3) is 0 Å². The van der Waals surface area contributed by atoms with Crippen LogP contribution in [0, 0.1) is 281 Å². The molecule has 0 unspecified atom stereocenters. The number of ether oxygens (including phenoxy) is 6. The summed E-state index contributed by atoms with van der Waals surface area (Å²) >= 11 is 0. The van der Waals surface area contributed by atoms with Gasteiger partial charge in [0.05, 0.1) is 233 Å². The average molecular weight is 1900 g/mol. The zero-order valence-corrected chi connectivity index (χ0v) is 63.8. The number of benzene rings is 8. The van der Waals surface area contributed by atoms with Gasteiger partial charge in [0.15, 0.2) is 0 Å². The number of hydrogen-bond acceptors (Lipinski definition) is 6. The molecule has 0 saturated carbocycles. The minimum absolute atomic E-state index is 0. The van der Waals surface area contributed by atoms with Crippen molar-refractivity contribution in [1.82, 2.24) is 0 Å². The molecule has 121 heavy (non-hydrogen) atoms. The van der Waals surface area contributed by atoms with Gasteiger partial charge in [0.2, 0.25) is 0 Å². The average Bonchev–Trinajstić information content (AvgIpc) is 1.08. The summed E-state index contributed by atoms with van der Waals surface area (Å²) in [6.07, 6.45) is 15.3. The van der Waals surface area contributed by atoms with Crippen molar-refractivity contribution in [3.05, 3.63) is 281 Å². The largest absolute Gasteiger partial charge is 3.00 e. The molecule has 6 aliphatic rings. The smallest absolute Gasteiger partial charge is 0.381 e. The molecule has 14 rings (SSSR count). The Morgan fingerprint density at radius 3 is 0.215 bits per heavy atom. The van der Waals surface area contributed by atoms with Crippen LogP contribution >= 0.6 is 0 Å². The summed E-state index contributed by atoms with van der Waals surface area (Å²) in [5.74, 6) is -80.4. The second-order valence-corrected chi connectivity index (χ2v) is 21.5. The molecule has 0 aliphatic carbocycles. The summed E-state index contributed by atoms with van der Waals surface area (Å²) in [4.78, 5) is 0. The molecule has 6 saturated heterocycles. The molecule has 0 aromatic heterocycles. The molecular formula is C72H48F40MgMn2O6. The Morgan fingerprint density at radius 2 is 0.174 bits per heavy atom. The van der Waals surface area contributed by atoms with E-state index in [2.05, 4.69) is 0 Å². The first-order valence-corrected chi connectivity index (χ1v) is 32.0. The zero-order valence-electron chi connectivity index (χ0n) is 60.0. The number of halogens is 40. The van der Waals surface area contributed by atoms with E-state index < -0.39 is 233 Å². The van der Waals surface area contributed by atoms with Crippen molar-refractivity contribution in [3.8, 4) is 0 Å². The molecule has 6 heterocycles. The quantitative estimate of drug-likeness (QED) is 0.0496. The first kappa shape index (κ1) is 118. The van der Waals surface area contributed by atoms with E-state index >= 15 is 0 Å². The standard InChI is InChI=1S/8C6F5.6C4H8O.Mg.2Mn/c8*7-2-1-3(8)5(10)6(11)4(2)9;6*1-2-4-5-3-1;;;/h;;;;;;;;6*1-4H2;;;/q8*-1;;;;;;;+2;2*+3. The predicted molar refractivity (Wildman–Crippen MR) is 327 cm³/mol. The van der Waals surface area contributed by atoms with E-state index in [1.807, 2.05) is 0 Å². The van der Waals surface area contributed by atoms with Gasteiger partial charge < -0.3 is 28.4 Å². The van der Waals surface area contributed by atoms with Crippen LogP contribution in [0.3, 0.4) is 0 Å². The van der Waals surface area contributed by atoms with E-state index in [0.29, 0.717) is 0 Å². The second kappa shape index (κ2) is 61.8. The van der Waals surface area contributed by atoms with Gasteiger partial charge in [-0.25, -0.2) is 105 Å². The minimum Gasteiger partial charge on any atom is -0.381 e. The Kier molecular flexibility index (Phi) is 60.1. The molecule has 0 amide bonds. The van der Waals surface area contributed by atoms with E-state index in [-0.39, 0.29) is 57.2 Å². The van der Waals surface area contributed by atoms with Crippen LogP contribution in [0.1, 0.15) is 77.0 Å². The monoisotopic (exact) mass is 1900 g/mol. The van der Waals surface area contributed by atoms with Gasteiger partial charge >= 0.3 is 57.2 Å². The third kappa shape index (κ3) is 41.3. The summed E-state index contributed by atoms with van der Waals surface area (Å²) in [6, 6.07) is 8.19. The van der Waals surface area contributed by atoms with Gasteiger partial charge in [0.1, 0.15) is 0 Å². The van der Waals surface area contributed by atoms with Crippen molar-refractivity contribution in [2.75, 3.05) is 79.3 Å². The van der Waals surface area contributed by atoms with Crippen LogP contribution < -0.4 is 0 Å². The van der Waals surface area contributed by atoms with Gasteiger partial charge in [0, 0.05) is 79.3 Å². The molecule has 8 aromatic carbocycles. The van der Waals surface area contributed by atoms with Crippen molar-refractivity contribution in [3.63, 3.8) is 0 Å². The first-order valence-electron chi connectivity index (χ1n) is 32.0. The molecule has 0 N–H and O–H groups in total. The van der Waals surface area contributed by atoms with Crippen LogP contribution in [-0.4, -0.2) is 102 Å². The molecule has 49 heteroatoms. The molecule has 0 atom stereocenters. The van der Waals surface area contributed by atoms with Crippen LogP contribution in [0.15, 0.2) is 0 Å². The van der Waals surface area contributed by atoms with E-state index in [0.717, 1.165) is 128 Å². The van der Waals surface area contributed by atoms with Gasteiger partial charge in [-0.05, 0) is 77.0 Å². The van der Waals surface area contributed by atoms with Crippen molar-refractivity contribution in [1.29, 1.82) is 0 Å². The molecule has 6 aliphatic heterocycles. The summed E-state index contributed by atoms with van der Waals surface area (Å²) in [6.45, 7) is 12.0. The van der Waals surface area contributed by atoms with Gasteiger partial charge in [-0.15, -0.1) is 48.5 Å². The molecule has 0 radical (unpaired) electrons. The van der Waals surface area contributed by atoms with E-state index in [9.17, 15) is 176 Å². The Hall–Kier alpha value is -7.47. The van der Waals surface area contributed by atoms with Crippen molar-refractivity contribution >= 4 is 23.1 Å². The minimum atomic E-state index is -2.17. The summed E-state index contributed by atoms with van der Waals surface area (Å²) in [5.41, 5.74) is 0. The van der Waals surface area contributed by atoms with Gasteiger partial charge in [0.25, 0.3) is 0 Å². The zero-order chi connectivity index (χ0) is 90.0. The fourth-order valence-corrected chi connectivity index (χ4v) is 7.02. The van der Waals surface area contributed by atoms with Crippen LogP contribution in [0.5, 0.6) is 0 Å². The van der Waals surface area contributed by atoms with Gasteiger partial charge in [-0.1, -0.05) is 0 Å². The SMILES string of the molecule is C1CCOC1.C1CCOC1.C1CCOC1.C1CCOC1.C1CCOC1.C1CCOC1.Fc1[c-]c(F)c(F)c(F)c1F.Fc1[c-]c(F)c(F)c(F)c1F.Fc1[c-]c(F)c(F)c(F)c1F.Fc1[c-]c(F)c(F)c(F)c1F.Fc1[c-]c(F)c(F)c(F)c1F.Fc1[c-]c(F)c(F)c(F)c1F.Fc1[c-]c(F)c(F)c(F)c1F.Fc1[c-]c(F)c(F)c(F)c1F.[Mg+2].[Mn+3].[Mn+3]. The third-order valence-corrected chi connectivity index (χ3v) is 12.9. The Balaban J connectivity index is -0.00000125. The molecular weight excluding hydrogens is 1850 g/mol. The Morgan fingerprint density at radius 1 is 0.116 bits per heavy atom. The number of rotatable bonds is 0. The molecule has 6 fully saturated rings. The fourth-order valence-electron chi connectivity index (χ4n) is 7.02. The van der Waals surface area contributed by atoms with Crippen LogP contribution in [0.2, 0.25) is 0 Å². The van der Waals surface area contributed by atoms with E-state index in [1.165, 1.54) is 77.0 Å². The van der Waals surface area contributed by atoms with Gasteiger partial charge in [-0.3, -0.25) is 70.2 Å². The summed E-state index contributed by atoms with van der Waals surface area (Å²) < 4.78 is 509. The number of hydrogen-bond donors (Lipinski definition) is 0. The second-order valence-electron chi connectivity index (χ2n) is 21.5. The molecule has 0 spiro atoms. The molecule has 668 valence electrons. The van der Waals surface area contributed by atoms with E-state index in [4.69, 9.17) is 28.4 Å².